The molecule has 0 aromatic heterocycles. The summed E-state index contributed by atoms with van der Waals surface area (Å²) in [5.74, 6) is 0.411. The van der Waals surface area contributed by atoms with Crippen molar-refractivity contribution >= 4 is 44.6 Å². The van der Waals surface area contributed by atoms with Crippen molar-refractivity contribution in [1.82, 2.24) is 0 Å². The molecule has 0 saturated heterocycles. The largest absolute Gasteiger partial charge is 0.491 e. The van der Waals surface area contributed by atoms with Gasteiger partial charge in [0.1, 0.15) is 31.2 Å². The summed E-state index contributed by atoms with van der Waals surface area (Å²) in [4.78, 5) is -0.113. The van der Waals surface area contributed by atoms with Gasteiger partial charge in [-0.05, 0) is 36.4 Å². The van der Waals surface area contributed by atoms with Crippen LogP contribution in [0, 0.1) is 0 Å². The van der Waals surface area contributed by atoms with E-state index in [4.69, 9.17) is 49.0 Å². The van der Waals surface area contributed by atoms with E-state index < -0.39 is 22.0 Å². The Balaban J connectivity index is 2.18. The molecule has 0 spiro atoms. The molecule has 11 heteroatoms. The topological polar surface area (TPSA) is 102 Å². The fourth-order valence-electron chi connectivity index (χ4n) is 2.34. The molecule has 0 fully saturated rings. The molecule has 2 aromatic carbocycles. The van der Waals surface area contributed by atoms with Crippen molar-refractivity contribution in [2.45, 2.75) is 22.0 Å². The second-order valence-corrected chi connectivity index (χ2v) is 9.30. The van der Waals surface area contributed by atoms with Crippen molar-refractivity contribution in [2.75, 3.05) is 32.8 Å². The lowest BCUT2D eigenvalue weighted by molar-refractivity contribution is 0.0325. The highest BCUT2D eigenvalue weighted by Gasteiger charge is 2.22. The van der Waals surface area contributed by atoms with Crippen molar-refractivity contribution in [3.63, 3.8) is 0 Å². The van der Waals surface area contributed by atoms with E-state index in [1.54, 1.807) is 0 Å². The van der Waals surface area contributed by atoms with Gasteiger partial charge in [0.05, 0.1) is 32.3 Å². The van der Waals surface area contributed by atoms with Crippen molar-refractivity contribution in [3.05, 3.63) is 46.4 Å². The minimum atomic E-state index is -3.91. The van der Waals surface area contributed by atoms with Gasteiger partial charge in [0.2, 0.25) is 9.84 Å². The zero-order chi connectivity index (χ0) is 22.3. The van der Waals surface area contributed by atoms with Crippen LogP contribution in [0.3, 0.4) is 0 Å². The summed E-state index contributed by atoms with van der Waals surface area (Å²) in [5.41, 5.74) is 0. The first-order valence-electron chi connectivity index (χ1n) is 8.69. The molecule has 2 aromatic rings. The summed E-state index contributed by atoms with van der Waals surface area (Å²) < 4.78 is 41.4. The lowest BCUT2D eigenvalue weighted by Gasteiger charge is -2.14. The molecule has 2 N–H and O–H groups in total. The number of aliphatic hydroxyl groups excluding tert-OH is 2. The number of hydrogen-bond donors (Lipinski definition) is 2. The molecule has 30 heavy (non-hydrogen) atoms. The summed E-state index contributed by atoms with van der Waals surface area (Å²) in [6, 6.07) is 8.13. The first-order valence-corrected chi connectivity index (χ1v) is 11.5. The predicted molar refractivity (Wildman–Crippen MR) is 114 cm³/mol. The van der Waals surface area contributed by atoms with Crippen LogP contribution in [0.25, 0.3) is 0 Å². The molecule has 0 bridgehead atoms. The van der Waals surface area contributed by atoms with Gasteiger partial charge >= 0.3 is 0 Å². The first-order chi connectivity index (χ1) is 14.2. The molecular weight excluding hydrogens is 479 g/mol. The molecule has 0 heterocycles. The van der Waals surface area contributed by atoms with Crippen LogP contribution in [0.2, 0.25) is 10.0 Å². The molecule has 2 unspecified atom stereocenters. The zero-order valence-electron chi connectivity index (χ0n) is 15.9. The molecule has 0 saturated carbocycles. The minimum absolute atomic E-state index is 0.00499. The van der Waals surface area contributed by atoms with Gasteiger partial charge in [0, 0.05) is 7.11 Å². The minimum Gasteiger partial charge on any atom is -0.491 e. The Bertz CT molecular complexity index is 913. The van der Waals surface area contributed by atoms with Crippen LogP contribution in [0.4, 0.5) is 0 Å². The molecule has 2 atom stereocenters. The fraction of sp³-hybridized carbons (Fsp3) is 0.368. The number of methoxy groups -OCH3 is 1. The molecule has 0 aliphatic heterocycles. The Kier molecular flexibility index (Phi) is 9.49. The quantitative estimate of drug-likeness (QED) is 0.458. The number of benzene rings is 2. The van der Waals surface area contributed by atoms with Crippen molar-refractivity contribution in [2.24, 2.45) is 0 Å². The number of hydrogen-bond acceptors (Lipinski definition) is 7. The van der Waals surface area contributed by atoms with E-state index in [0.29, 0.717) is 5.75 Å². The average molecular weight is 500 g/mol. The average Bonchev–Trinajstić information content (AvgIpc) is 2.71. The third kappa shape index (κ3) is 6.62. The number of aliphatic hydroxyl groups is 2. The number of alkyl halides is 1. The van der Waals surface area contributed by atoms with Crippen LogP contribution in [-0.2, 0) is 14.6 Å². The van der Waals surface area contributed by atoms with Crippen LogP contribution in [-0.4, -0.2) is 63.6 Å². The van der Waals surface area contributed by atoms with E-state index in [9.17, 15) is 18.6 Å². The SMILES string of the molecule is COCC(O)COc1ccc(S(=O)(=O)c2cc(Cl)c(OCC(O)CCl)c(Cl)c2)cc1. The van der Waals surface area contributed by atoms with Crippen LogP contribution in [0.5, 0.6) is 11.5 Å². The summed E-state index contributed by atoms with van der Waals surface area (Å²) in [6.45, 7) is -0.0147. The monoisotopic (exact) mass is 498 g/mol. The van der Waals surface area contributed by atoms with Gasteiger partial charge in [0.15, 0.2) is 5.75 Å². The Morgan fingerprint density at radius 3 is 2.00 bits per heavy atom. The molecule has 7 nitrogen and oxygen atoms in total. The van der Waals surface area contributed by atoms with Crippen molar-refractivity contribution in [1.29, 1.82) is 0 Å². The van der Waals surface area contributed by atoms with Gasteiger partial charge in [-0.3, -0.25) is 0 Å². The highest BCUT2D eigenvalue weighted by Crippen LogP contribution is 2.37. The van der Waals surface area contributed by atoms with Crippen LogP contribution >= 0.6 is 34.8 Å². The molecule has 0 radical (unpaired) electrons. The normalized spacial score (nSPS) is 13.7. The Labute approximate surface area is 190 Å². The van der Waals surface area contributed by atoms with E-state index >= 15 is 0 Å². The van der Waals surface area contributed by atoms with Crippen LogP contribution in [0.1, 0.15) is 0 Å². The van der Waals surface area contributed by atoms with Crippen molar-refractivity contribution in [3.8, 4) is 11.5 Å². The molecular formula is C19H21Cl3O7S. The summed E-state index contributed by atoms with van der Waals surface area (Å²) in [5, 5.41) is 19.0. The van der Waals surface area contributed by atoms with Gasteiger partial charge in [-0.15, -0.1) is 11.6 Å². The van der Waals surface area contributed by atoms with Crippen LogP contribution in [0.15, 0.2) is 46.2 Å². The van der Waals surface area contributed by atoms with Crippen LogP contribution < -0.4 is 9.47 Å². The Morgan fingerprint density at radius 1 is 0.900 bits per heavy atom. The fourth-order valence-corrected chi connectivity index (χ4v) is 4.46. The highest BCUT2D eigenvalue weighted by molar-refractivity contribution is 7.91. The van der Waals surface area contributed by atoms with Gasteiger partial charge in [-0.2, -0.15) is 0 Å². The van der Waals surface area contributed by atoms with Gasteiger partial charge in [-0.25, -0.2) is 8.42 Å². The Hall–Kier alpha value is -1.26. The summed E-state index contributed by atoms with van der Waals surface area (Å²) in [7, 11) is -2.45. The van der Waals surface area contributed by atoms with Crippen molar-refractivity contribution < 1.29 is 32.8 Å². The molecule has 166 valence electrons. The summed E-state index contributed by atoms with van der Waals surface area (Å²) in [6.07, 6.45) is -1.72. The Morgan fingerprint density at radius 2 is 1.47 bits per heavy atom. The van der Waals surface area contributed by atoms with E-state index in [2.05, 4.69) is 0 Å². The molecule has 0 aliphatic carbocycles. The van der Waals surface area contributed by atoms with E-state index in [-0.39, 0.29) is 51.3 Å². The zero-order valence-corrected chi connectivity index (χ0v) is 19.0. The van der Waals surface area contributed by atoms with E-state index in [1.807, 2.05) is 0 Å². The predicted octanol–water partition coefficient (Wildman–Crippen LogP) is 3.19. The number of halogens is 3. The van der Waals surface area contributed by atoms with Gasteiger partial charge < -0.3 is 24.4 Å². The van der Waals surface area contributed by atoms with Gasteiger partial charge in [0.25, 0.3) is 0 Å². The maximum Gasteiger partial charge on any atom is 0.206 e. The van der Waals surface area contributed by atoms with Gasteiger partial charge in [-0.1, -0.05) is 23.2 Å². The molecule has 0 aliphatic rings. The standard InChI is InChI=1S/C19H21Cl3O7S/c1-27-9-13(24)11-28-14-2-4-15(5-3-14)30(25,26)16-6-17(21)19(18(22)7-16)29-10-12(23)8-20/h2-7,12-13,23-24H,8-11H2,1H3. The maximum atomic E-state index is 12.9. The number of rotatable bonds is 11. The highest BCUT2D eigenvalue weighted by atomic mass is 35.5. The third-order valence-electron chi connectivity index (χ3n) is 3.82. The second-order valence-electron chi connectivity index (χ2n) is 6.23. The summed E-state index contributed by atoms with van der Waals surface area (Å²) >= 11 is 17.8. The first kappa shape index (κ1) is 25.0. The lowest BCUT2D eigenvalue weighted by atomic mass is 10.3. The smallest absolute Gasteiger partial charge is 0.206 e. The lowest BCUT2D eigenvalue weighted by Crippen LogP contribution is -2.22. The maximum absolute atomic E-state index is 12.9. The van der Waals surface area contributed by atoms with E-state index in [0.717, 1.165) is 0 Å². The number of ether oxygens (including phenoxy) is 3. The number of sulfone groups is 1. The molecule has 2 rings (SSSR count). The third-order valence-corrected chi connectivity index (χ3v) is 6.48. The molecule has 0 amide bonds. The second kappa shape index (κ2) is 11.4. The van der Waals surface area contributed by atoms with E-state index in [1.165, 1.54) is 43.5 Å².